The molecule has 0 saturated heterocycles. The fraction of sp³-hybridized carbons (Fsp3) is 0.727. The van der Waals surface area contributed by atoms with Crippen molar-refractivity contribution in [2.45, 2.75) is 219 Å². The second-order valence-corrected chi connectivity index (χ2v) is 19.3. The molecule has 16 heteroatoms. The van der Waals surface area contributed by atoms with Crippen molar-refractivity contribution in [3.05, 3.63) is 36.0 Å². The number of carboxylic acid groups (broad SMARTS) is 1. The molecular formula is C55H92N6O10. The molecular weight excluding hydrogens is 905 g/mol. The highest BCUT2D eigenvalue weighted by molar-refractivity contribution is 5.95. The minimum Gasteiger partial charge on any atom is -0.481 e. The van der Waals surface area contributed by atoms with Crippen LogP contribution >= 0.6 is 0 Å². The Morgan fingerprint density at radius 2 is 1.20 bits per heavy atom. The van der Waals surface area contributed by atoms with Crippen molar-refractivity contribution >= 4 is 52.4 Å². The smallest absolute Gasteiger partial charge is 0.305 e. The molecule has 0 bridgehead atoms. The van der Waals surface area contributed by atoms with Crippen LogP contribution in [0.1, 0.15) is 200 Å². The first kappa shape index (κ1) is 62.1. The number of rotatable bonds is 44. The molecule has 0 aliphatic heterocycles. The summed E-state index contributed by atoms with van der Waals surface area (Å²) < 4.78 is 11.3. The fourth-order valence-electron chi connectivity index (χ4n) is 8.40. The van der Waals surface area contributed by atoms with Gasteiger partial charge >= 0.3 is 11.9 Å². The van der Waals surface area contributed by atoms with Crippen LogP contribution in [0, 0.1) is 5.92 Å². The highest BCUT2D eigenvalue weighted by Crippen LogP contribution is 2.19. The van der Waals surface area contributed by atoms with Crippen molar-refractivity contribution in [2.24, 2.45) is 5.92 Å². The first-order valence-corrected chi connectivity index (χ1v) is 27.3. The van der Waals surface area contributed by atoms with Gasteiger partial charge in [-0.3, -0.25) is 33.6 Å². The average Bonchev–Trinajstić information content (AvgIpc) is 3.76. The van der Waals surface area contributed by atoms with Gasteiger partial charge in [-0.15, -0.1) is 0 Å². The lowest BCUT2D eigenvalue weighted by Gasteiger charge is -2.24. The molecule has 0 saturated carbocycles. The zero-order chi connectivity index (χ0) is 51.9. The molecule has 0 unspecified atom stereocenters. The third-order valence-corrected chi connectivity index (χ3v) is 12.9. The van der Waals surface area contributed by atoms with Crippen molar-refractivity contribution < 1.29 is 48.1 Å². The second-order valence-electron chi connectivity index (χ2n) is 19.3. The van der Waals surface area contributed by atoms with Gasteiger partial charge in [-0.1, -0.05) is 168 Å². The van der Waals surface area contributed by atoms with Crippen LogP contribution in [0.25, 0.3) is 10.9 Å². The molecule has 402 valence electrons. The number of aromatic nitrogens is 1. The maximum atomic E-state index is 13.4. The predicted molar refractivity (Wildman–Crippen MR) is 279 cm³/mol. The molecule has 0 fully saturated rings. The van der Waals surface area contributed by atoms with Gasteiger partial charge in [0.1, 0.15) is 12.1 Å². The van der Waals surface area contributed by atoms with Crippen molar-refractivity contribution in [2.75, 3.05) is 32.9 Å². The van der Waals surface area contributed by atoms with Crippen LogP contribution in [0.2, 0.25) is 0 Å². The zero-order valence-electron chi connectivity index (χ0n) is 43.9. The van der Waals surface area contributed by atoms with Gasteiger partial charge in [0.05, 0.1) is 38.6 Å². The summed E-state index contributed by atoms with van der Waals surface area (Å²) in [5, 5.41) is 23.9. The van der Waals surface area contributed by atoms with E-state index in [0.29, 0.717) is 38.7 Å². The van der Waals surface area contributed by atoms with E-state index in [4.69, 9.17) is 9.47 Å². The number of esters is 1. The van der Waals surface area contributed by atoms with Crippen molar-refractivity contribution in [1.29, 1.82) is 0 Å². The van der Waals surface area contributed by atoms with Gasteiger partial charge in [-0.05, 0) is 43.2 Å². The van der Waals surface area contributed by atoms with Gasteiger partial charge in [-0.2, -0.15) is 0 Å². The lowest BCUT2D eigenvalue weighted by atomic mass is 9.97. The molecule has 1 aromatic heterocycles. The van der Waals surface area contributed by atoms with Crippen LogP contribution in [-0.4, -0.2) is 103 Å². The maximum Gasteiger partial charge on any atom is 0.305 e. The third kappa shape index (κ3) is 29.8. The standard InChI is InChI=1S/C55H92N6O10/c1-5-8-10-12-14-16-17-19-20-22-24-32-48(62)59-44(41-70-34-28-29-35-71-52(67)33-25-23-21-18-15-13-11-9-6-2)39-57-54(68)47(37-51(65)66)60-50(64)40-58-55(69)53(42(4)7-3)61-49(63)36-43-38-56-46-31-27-26-30-45(43)46/h26-27,30-31,38,42,44,47,53,56H,5-25,28-29,32-37,39-41H2,1-4H3,(H,57,68)(H,58,69)(H,59,62)(H,60,64)(H,61,63)(H,65,66)/t42-,44-,47-,53-/m0/s1. The van der Waals surface area contributed by atoms with Crippen LogP contribution in [0.4, 0.5) is 0 Å². The number of ether oxygens (including phenoxy) is 2. The molecule has 7 N–H and O–H groups in total. The predicted octanol–water partition coefficient (Wildman–Crippen LogP) is 8.88. The Hall–Kier alpha value is -4.99. The van der Waals surface area contributed by atoms with Gasteiger partial charge in [0, 0.05) is 43.1 Å². The quantitative estimate of drug-likeness (QED) is 0.0246. The Balaban J connectivity index is 1.88. The number of amides is 5. The highest BCUT2D eigenvalue weighted by atomic mass is 16.5. The molecule has 0 spiro atoms. The number of hydrogen-bond donors (Lipinski definition) is 7. The van der Waals surface area contributed by atoms with E-state index < -0.39 is 54.8 Å². The number of aliphatic carboxylic acids is 1. The monoisotopic (exact) mass is 997 g/mol. The molecule has 1 aromatic carbocycles. The molecule has 4 atom stereocenters. The zero-order valence-corrected chi connectivity index (χ0v) is 43.9. The number of carboxylic acids is 1. The Kier molecular flexibility index (Phi) is 34.7. The number of unbranched alkanes of at least 4 members (excludes halogenated alkanes) is 19. The molecule has 2 aromatic rings. The van der Waals surface area contributed by atoms with Crippen molar-refractivity contribution in [1.82, 2.24) is 31.6 Å². The molecule has 2 rings (SSSR count). The van der Waals surface area contributed by atoms with Crippen LogP contribution in [-0.2, 0) is 49.5 Å². The fourth-order valence-corrected chi connectivity index (χ4v) is 8.40. The largest absolute Gasteiger partial charge is 0.481 e. The summed E-state index contributed by atoms with van der Waals surface area (Å²) in [5.41, 5.74) is 1.66. The van der Waals surface area contributed by atoms with Gasteiger partial charge in [-0.25, -0.2) is 0 Å². The summed E-state index contributed by atoms with van der Waals surface area (Å²) in [6, 6.07) is 4.47. The number of hydrogen-bond acceptors (Lipinski definition) is 9. The summed E-state index contributed by atoms with van der Waals surface area (Å²) in [4.78, 5) is 93.3. The second kappa shape index (κ2) is 39.6. The SMILES string of the molecule is CCCCCCCCCCCCCC(=O)N[C@@H](CNC(=O)[C@H](CC(=O)O)NC(=O)CNC(=O)[C@@H](NC(=O)Cc1c[nH]c2ccccc12)[C@@H](C)CC)COCCCCOC(=O)CCCCCCCCCCC. The number of fused-ring (bicyclic) bond motifs is 1. The molecule has 16 nitrogen and oxygen atoms in total. The normalized spacial score (nSPS) is 12.9. The Labute approximate surface area is 424 Å². The van der Waals surface area contributed by atoms with E-state index in [1.807, 2.05) is 38.1 Å². The maximum absolute atomic E-state index is 13.4. The summed E-state index contributed by atoms with van der Waals surface area (Å²) >= 11 is 0. The number of H-pyrrole nitrogens is 1. The van der Waals surface area contributed by atoms with Crippen molar-refractivity contribution in [3.8, 4) is 0 Å². The highest BCUT2D eigenvalue weighted by Gasteiger charge is 2.29. The van der Waals surface area contributed by atoms with Gasteiger partial charge in [0.15, 0.2) is 0 Å². The third-order valence-electron chi connectivity index (χ3n) is 12.9. The lowest BCUT2D eigenvalue weighted by Crippen LogP contribution is -2.55. The number of para-hydroxylation sites is 1. The summed E-state index contributed by atoms with van der Waals surface area (Å²) in [5.74, 6) is -4.57. The average molecular weight is 997 g/mol. The van der Waals surface area contributed by atoms with Crippen molar-refractivity contribution in [3.63, 3.8) is 0 Å². The van der Waals surface area contributed by atoms with Crippen LogP contribution in [0.3, 0.4) is 0 Å². The number of carbonyl (C=O) groups is 7. The first-order chi connectivity index (χ1) is 34.4. The number of nitrogens with one attached hydrogen (secondary N) is 6. The Bertz CT molecular complexity index is 1820. The first-order valence-electron chi connectivity index (χ1n) is 27.3. The number of benzene rings is 1. The van der Waals surface area contributed by atoms with Gasteiger partial charge < -0.3 is 46.1 Å². The lowest BCUT2D eigenvalue weighted by molar-refractivity contribution is -0.144. The van der Waals surface area contributed by atoms with E-state index >= 15 is 0 Å². The topological polar surface area (TPSA) is 234 Å². The van der Waals surface area contributed by atoms with Crippen LogP contribution in [0.15, 0.2) is 30.5 Å². The number of carbonyl (C=O) groups excluding carboxylic acids is 6. The number of aromatic amines is 1. The van der Waals surface area contributed by atoms with Gasteiger partial charge in [0.2, 0.25) is 29.5 Å². The van der Waals surface area contributed by atoms with E-state index in [1.54, 1.807) is 6.20 Å². The van der Waals surface area contributed by atoms with Gasteiger partial charge in [0.25, 0.3) is 0 Å². The van der Waals surface area contributed by atoms with Crippen LogP contribution < -0.4 is 26.6 Å². The van der Waals surface area contributed by atoms with E-state index in [1.165, 1.54) is 83.5 Å². The molecule has 0 radical (unpaired) electrons. The summed E-state index contributed by atoms with van der Waals surface area (Å²) in [7, 11) is 0. The Morgan fingerprint density at radius 1 is 0.620 bits per heavy atom. The Morgan fingerprint density at radius 3 is 1.80 bits per heavy atom. The van der Waals surface area contributed by atoms with E-state index in [-0.39, 0.29) is 49.9 Å². The summed E-state index contributed by atoms with van der Waals surface area (Å²) in [6.07, 6.45) is 26.8. The molecule has 71 heavy (non-hydrogen) atoms. The van der Waals surface area contributed by atoms with E-state index in [2.05, 4.69) is 45.4 Å². The minimum absolute atomic E-state index is 0.0326. The van der Waals surface area contributed by atoms with E-state index in [0.717, 1.165) is 61.4 Å². The molecule has 5 amide bonds. The van der Waals surface area contributed by atoms with Crippen LogP contribution in [0.5, 0.6) is 0 Å². The van der Waals surface area contributed by atoms with E-state index in [9.17, 15) is 38.7 Å². The summed E-state index contributed by atoms with van der Waals surface area (Å²) in [6.45, 7) is 8.11. The minimum atomic E-state index is -1.49. The molecule has 0 aliphatic rings. The molecule has 1 heterocycles. The molecule has 0 aliphatic carbocycles.